The van der Waals surface area contributed by atoms with Crippen molar-refractivity contribution in [3.05, 3.63) is 87.8 Å². The Hall–Kier alpha value is -3.86. The number of Topliss-reactive ketones (excluding diaryl/α,β-unsaturated/α-hetero) is 1. The van der Waals surface area contributed by atoms with Crippen LogP contribution < -0.4 is 5.32 Å². The summed E-state index contributed by atoms with van der Waals surface area (Å²) in [5.74, 6) is -2.56. The maximum atomic E-state index is 13.9. The molecule has 1 aliphatic rings. The zero-order valence-electron chi connectivity index (χ0n) is 20.2. The van der Waals surface area contributed by atoms with Gasteiger partial charge >= 0.3 is 12.1 Å². The van der Waals surface area contributed by atoms with Gasteiger partial charge in [0.05, 0.1) is 29.2 Å². The van der Waals surface area contributed by atoms with Crippen LogP contribution in [0.3, 0.4) is 0 Å². The molecule has 1 atom stereocenters. The number of benzene rings is 1. The van der Waals surface area contributed by atoms with Crippen LogP contribution in [0.2, 0.25) is 0 Å². The number of carbonyl (C=O) groups is 2. The lowest BCUT2D eigenvalue weighted by Crippen LogP contribution is -2.36. The van der Waals surface area contributed by atoms with Crippen LogP contribution in [-0.4, -0.2) is 24.0 Å². The third-order valence-electron chi connectivity index (χ3n) is 5.15. The molecule has 0 fully saturated rings. The molecule has 0 spiro atoms. The van der Waals surface area contributed by atoms with Crippen molar-refractivity contribution in [1.82, 2.24) is 5.32 Å². The SMILES string of the molecule is C\C=C/C=C\C=C\c1c(C(C)=O)cccc1C1C(C#N)=C(C(F)(F)F)NC(C)=C1C(=O)OC(C)C. The quantitative estimate of drug-likeness (QED) is 0.280. The van der Waals surface area contributed by atoms with Gasteiger partial charge < -0.3 is 10.1 Å². The lowest BCUT2D eigenvalue weighted by Gasteiger charge is -2.31. The number of nitriles is 1. The molecule has 1 aromatic rings. The number of esters is 1. The van der Waals surface area contributed by atoms with E-state index in [2.05, 4.69) is 5.32 Å². The number of alkyl halides is 3. The standard InChI is InChI=1S/C27H27F3N2O3/c1-6-7-8-9-10-12-20-19(18(5)33)13-11-14-21(20)24-22(15-31)25(27(28,29)30)32-17(4)23(24)26(34)35-16(2)3/h6-14,16,24,32H,1-5H3/b7-6-,9-8-,12-10+. The number of rotatable bonds is 7. The van der Waals surface area contributed by atoms with E-state index in [9.17, 15) is 28.0 Å². The van der Waals surface area contributed by atoms with Crippen molar-refractivity contribution < 1.29 is 27.5 Å². The van der Waals surface area contributed by atoms with Gasteiger partial charge in [-0.05, 0) is 45.7 Å². The van der Waals surface area contributed by atoms with Crippen molar-refractivity contribution >= 4 is 17.8 Å². The highest BCUT2D eigenvalue weighted by Gasteiger charge is 2.45. The number of dihydropyridines is 1. The fourth-order valence-corrected chi connectivity index (χ4v) is 3.75. The summed E-state index contributed by atoms with van der Waals surface area (Å²) in [6.45, 7) is 7.74. The highest BCUT2D eigenvalue weighted by atomic mass is 19.4. The zero-order chi connectivity index (χ0) is 26.3. The number of hydrogen-bond acceptors (Lipinski definition) is 5. The summed E-state index contributed by atoms with van der Waals surface area (Å²) in [5.41, 5.74) is -1.36. The van der Waals surface area contributed by atoms with Crippen molar-refractivity contribution in [3.63, 3.8) is 0 Å². The van der Waals surface area contributed by atoms with Crippen LogP contribution >= 0.6 is 0 Å². The molecule has 0 aromatic heterocycles. The summed E-state index contributed by atoms with van der Waals surface area (Å²) < 4.78 is 47.1. The molecule has 0 bridgehead atoms. The van der Waals surface area contributed by atoms with Gasteiger partial charge in [-0.2, -0.15) is 18.4 Å². The number of allylic oxidation sites excluding steroid dienone is 8. The van der Waals surface area contributed by atoms with E-state index in [-0.39, 0.29) is 28.2 Å². The lowest BCUT2D eigenvalue weighted by atomic mass is 9.77. The predicted octanol–water partition coefficient (Wildman–Crippen LogP) is 6.29. The number of carbonyl (C=O) groups excluding carboxylic acids is 2. The van der Waals surface area contributed by atoms with Crippen LogP contribution in [0.25, 0.3) is 6.08 Å². The maximum Gasteiger partial charge on any atom is 0.432 e. The average molecular weight is 485 g/mol. The topological polar surface area (TPSA) is 79.2 Å². The van der Waals surface area contributed by atoms with Gasteiger partial charge in [0, 0.05) is 11.3 Å². The third kappa shape index (κ3) is 6.38. The molecule has 184 valence electrons. The maximum absolute atomic E-state index is 13.9. The van der Waals surface area contributed by atoms with E-state index in [1.54, 1.807) is 56.4 Å². The molecule has 0 saturated carbocycles. The third-order valence-corrected chi connectivity index (χ3v) is 5.15. The molecule has 0 amide bonds. The molecule has 1 heterocycles. The molecule has 35 heavy (non-hydrogen) atoms. The first-order valence-electron chi connectivity index (χ1n) is 10.9. The minimum atomic E-state index is -4.87. The number of ether oxygens (including phenoxy) is 1. The molecule has 8 heteroatoms. The monoisotopic (exact) mass is 484 g/mol. The van der Waals surface area contributed by atoms with E-state index in [4.69, 9.17) is 4.74 Å². The highest BCUT2D eigenvalue weighted by molar-refractivity contribution is 5.99. The van der Waals surface area contributed by atoms with Crippen LogP contribution in [0.15, 0.2) is 71.1 Å². The first kappa shape index (κ1) is 27.4. The first-order chi connectivity index (χ1) is 16.4. The fourth-order valence-electron chi connectivity index (χ4n) is 3.75. The minimum absolute atomic E-state index is 0.0805. The molecule has 0 aliphatic carbocycles. The lowest BCUT2D eigenvalue weighted by molar-refractivity contribution is -0.143. The summed E-state index contributed by atoms with van der Waals surface area (Å²) >= 11 is 0. The Balaban J connectivity index is 2.91. The van der Waals surface area contributed by atoms with Crippen molar-refractivity contribution in [2.24, 2.45) is 0 Å². The Labute approximate surface area is 203 Å². The van der Waals surface area contributed by atoms with Gasteiger partial charge in [-0.1, -0.05) is 54.7 Å². The number of nitrogens with zero attached hydrogens (tertiary/aromatic N) is 1. The molecule has 0 radical (unpaired) electrons. The predicted molar refractivity (Wildman–Crippen MR) is 128 cm³/mol. The number of ketones is 1. The van der Waals surface area contributed by atoms with Gasteiger partial charge in [-0.3, -0.25) is 4.79 Å². The number of hydrogen-bond donors (Lipinski definition) is 1. The van der Waals surface area contributed by atoms with E-state index >= 15 is 0 Å². The summed E-state index contributed by atoms with van der Waals surface area (Å²) in [6.07, 6.45) is 4.84. The second kappa shape index (κ2) is 11.5. The van der Waals surface area contributed by atoms with Crippen LogP contribution in [-0.2, 0) is 9.53 Å². The van der Waals surface area contributed by atoms with Gasteiger partial charge in [0.15, 0.2) is 5.78 Å². The van der Waals surface area contributed by atoms with Crippen LogP contribution in [0.1, 0.15) is 62.0 Å². The van der Waals surface area contributed by atoms with E-state index in [0.717, 1.165) is 0 Å². The van der Waals surface area contributed by atoms with Crippen LogP contribution in [0.4, 0.5) is 13.2 Å². The highest BCUT2D eigenvalue weighted by Crippen LogP contribution is 2.44. The summed E-state index contributed by atoms with van der Waals surface area (Å²) in [5, 5.41) is 12.0. The van der Waals surface area contributed by atoms with E-state index in [1.165, 1.54) is 26.0 Å². The zero-order valence-corrected chi connectivity index (χ0v) is 20.2. The molecule has 1 N–H and O–H groups in total. The molecular weight excluding hydrogens is 457 g/mol. The Kier molecular flexibility index (Phi) is 9.01. The van der Waals surface area contributed by atoms with Gasteiger partial charge in [0.25, 0.3) is 0 Å². The molecule has 2 rings (SSSR count). The van der Waals surface area contributed by atoms with Crippen molar-refractivity contribution in [2.75, 3.05) is 0 Å². The van der Waals surface area contributed by atoms with Gasteiger partial charge in [-0.25, -0.2) is 4.79 Å². The van der Waals surface area contributed by atoms with Gasteiger partial charge in [0.1, 0.15) is 5.70 Å². The van der Waals surface area contributed by atoms with Gasteiger partial charge in [-0.15, -0.1) is 0 Å². The fraction of sp³-hybridized carbons (Fsp3) is 0.296. The summed E-state index contributed by atoms with van der Waals surface area (Å²) in [7, 11) is 0. The van der Waals surface area contributed by atoms with Crippen molar-refractivity contribution in [3.8, 4) is 6.07 Å². The number of halogens is 3. The van der Waals surface area contributed by atoms with E-state index in [1.807, 2.05) is 13.0 Å². The first-order valence-corrected chi connectivity index (χ1v) is 10.9. The minimum Gasteiger partial charge on any atom is -0.460 e. The van der Waals surface area contributed by atoms with Crippen molar-refractivity contribution in [1.29, 1.82) is 5.26 Å². The second-order valence-corrected chi connectivity index (χ2v) is 8.08. The second-order valence-electron chi connectivity index (χ2n) is 8.08. The van der Waals surface area contributed by atoms with Gasteiger partial charge in [0.2, 0.25) is 0 Å². The molecule has 1 aliphatic heterocycles. The Morgan fingerprint density at radius 2 is 1.83 bits per heavy atom. The molecule has 5 nitrogen and oxygen atoms in total. The Bertz CT molecular complexity index is 1190. The Morgan fingerprint density at radius 1 is 1.17 bits per heavy atom. The van der Waals surface area contributed by atoms with Crippen LogP contribution in [0.5, 0.6) is 0 Å². The van der Waals surface area contributed by atoms with E-state index in [0.29, 0.717) is 5.56 Å². The normalized spacial score (nSPS) is 17.0. The van der Waals surface area contributed by atoms with E-state index < -0.39 is 35.4 Å². The van der Waals surface area contributed by atoms with Crippen molar-refractivity contribution in [2.45, 2.75) is 52.8 Å². The molecular formula is C27H27F3N2O3. The number of nitrogens with one attached hydrogen (secondary N) is 1. The largest absolute Gasteiger partial charge is 0.460 e. The Morgan fingerprint density at radius 3 is 2.37 bits per heavy atom. The van der Waals surface area contributed by atoms with Crippen LogP contribution in [0, 0.1) is 11.3 Å². The average Bonchev–Trinajstić information content (AvgIpc) is 2.76. The smallest absolute Gasteiger partial charge is 0.432 e. The summed E-state index contributed by atoms with van der Waals surface area (Å²) in [4.78, 5) is 25.4. The molecule has 1 unspecified atom stereocenters. The molecule has 1 aromatic carbocycles. The summed E-state index contributed by atoms with van der Waals surface area (Å²) in [6, 6.07) is 6.23. The molecule has 0 saturated heterocycles.